The summed E-state index contributed by atoms with van der Waals surface area (Å²) in [5, 5.41) is 19.4. The molecule has 0 aliphatic heterocycles. The Kier molecular flexibility index (Phi) is 4.89. The number of carbonyl (C=O) groups excluding carboxylic acids is 1. The molecule has 5 aromatic rings. The molecule has 0 atom stereocenters. The second kappa shape index (κ2) is 7.99. The van der Waals surface area contributed by atoms with Gasteiger partial charge in [-0.25, -0.2) is 4.79 Å². The lowest BCUT2D eigenvalue weighted by Gasteiger charge is -2.19. The molecule has 1 amide bonds. The Morgan fingerprint density at radius 2 is 1.80 bits per heavy atom. The number of benzene rings is 3. The van der Waals surface area contributed by atoms with Crippen LogP contribution >= 0.6 is 11.6 Å². The molecule has 0 radical (unpaired) electrons. The van der Waals surface area contributed by atoms with E-state index in [9.17, 15) is 14.7 Å². The Balaban J connectivity index is 1.39. The fraction of sp³-hybridized carbons (Fsp3) is 0.148. The van der Waals surface area contributed by atoms with Crippen LogP contribution in [0.4, 0.5) is 0 Å². The van der Waals surface area contributed by atoms with Crippen LogP contribution in [0.5, 0.6) is 0 Å². The Morgan fingerprint density at radius 3 is 2.49 bits per heavy atom. The van der Waals surface area contributed by atoms with Crippen LogP contribution in [0.2, 0.25) is 5.02 Å². The van der Waals surface area contributed by atoms with E-state index in [2.05, 4.69) is 10.4 Å². The van der Waals surface area contributed by atoms with Gasteiger partial charge in [0.1, 0.15) is 5.58 Å². The van der Waals surface area contributed by atoms with Crippen LogP contribution in [0, 0.1) is 0 Å². The normalized spacial score (nSPS) is 14.3. The fourth-order valence-electron chi connectivity index (χ4n) is 4.60. The van der Waals surface area contributed by atoms with Gasteiger partial charge in [-0.15, -0.1) is 0 Å². The van der Waals surface area contributed by atoms with E-state index in [1.54, 1.807) is 42.8 Å². The molecular weight excluding hydrogens is 466 g/mol. The van der Waals surface area contributed by atoms with Crippen molar-refractivity contribution in [3.63, 3.8) is 0 Å². The summed E-state index contributed by atoms with van der Waals surface area (Å²) in [5.74, 6) is -1.21. The minimum Gasteiger partial charge on any atom is -0.478 e. The number of halogens is 1. The third-order valence-corrected chi connectivity index (χ3v) is 6.88. The number of rotatable bonds is 6. The van der Waals surface area contributed by atoms with Crippen molar-refractivity contribution >= 4 is 45.3 Å². The molecule has 0 bridgehead atoms. The highest BCUT2D eigenvalue weighted by Gasteiger charge is 2.46. The van der Waals surface area contributed by atoms with E-state index >= 15 is 0 Å². The molecule has 0 saturated heterocycles. The van der Waals surface area contributed by atoms with Gasteiger partial charge < -0.3 is 14.8 Å². The van der Waals surface area contributed by atoms with Gasteiger partial charge in [-0.1, -0.05) is 35.9 Å². The van der Waals surface area contributed by atoms with Gasteiger partial charge in [0.05, 0.1) is 41.2 Å². The minimum absolute atomic E-state index is 0.215. The number of carboxylic acids is 1. The number of nitrogens with one attached hydrogen (secondary N) is 1. The average molecular weight is 486 g/mol. The van der Waals surface area contributed by atoms with E-state index in [4.69, 9.17) is 16.0 Å². The molecule has 2 N–H and O–H groups in total. The quantitative estimate of drug-likeness (QED) is 0.326. The van der Waals surface area contributed by atoms with Gasteiger partial charge in [0.2, 0.25) is 0 Å². The second-order valence-corrected chi connectivity index (χ2v) is 9.30. The van der Waals surface area contributed by atoms with Crippen molar-refractivity contribution in [2.75, 3.05) is 0 Å². The number of hydrogen-bond donors (Lipinski definition) is 2. The first kappa shape index (κ1) is 21.4. The second-order valence-electron chi connectivity index (χ2n) is 8.87. The Morgan fingerprint density at radius 1 is 1.06 bits per heavy atom. The van der Waals surface area contributed by atoms with Crippen LogP contribution in [0.15, 0.2) is 77.5 Å². The molecule has 1 aliphatic rings. The summed E-state index contributed by atoms with van der Waals surface area (Å²) in [5.41, 5.74) is 3.41. The highest BCUT2D eigenvalue weighted by molar-refractivity contribution is 6.30. The van der Waals surface area contributed by atoms with Gasteiger partial charge in [0.15, 0.2) is 0 Å². The average Bonchev–Trinajstić information content (AvgIpc) is 3.28. The van der Waals surface area contributed by atoms with Crippen molar-refractivity contribution in [2.24, 2.45) is 0 Å². The van der Waals surface area contributed by atoms with E-state index in [0.717, 1.165) is 40.3 Å². The van der Waals surface area contributed by atoms with Crippen molar-refractivity contribution in [3.05, 3.63) is 100 Å². The van der Waals surface area contributed by atoms with E-state index in [1.165, 1.54) is 0 Å². The van der Waals surface area contributed by atoms with Crippen LogP contribution in [0.25, 0.3) is 21.9 Å². The number of furan rings is 1. The number of nitrogens with zero attached hydrogens (tertiary/aromatic N) is 2. The predicted octanol–water partition coefficient (Wildman–Crippen LogP) is 5.60. The first-order valence-corrected chi connectivity index (χ1v) is 11.6. The highest BCUT2D eigenvalue weighted by atomic mass is 35.5. The van der Waals surface area contributed by atoms with Gasteiger partial charge in [0, 0.05) is 15.8 Å². The molecule has 8 heteroatoms. The van der Waals surface area contributed by atoms with Crippen LogP contribution in [0.3, 0.4) is 0 Å². The molecule has 1 aliphatic carbocycles. The van der Waals surface area contributed by atoms with Crippen molar-refractivity contribution in [2.45, 2.75) is 24.9 Å². The molecule has 6 rings (SSSR count). The zero-order valence-electron chi connectivity index (χ0n) is 18.5. The van der Waals surface area contributed by atoms with E-state index in [-0.39, 0.29) is 11.5 Å². The molecule has 3 aromatic carbocycles. The molecular formula is C27H20ClN3O4. The largest absolute Gasteiger partial charge is 0.478 e. The summed E-state index contributed by atoms with van der Waals surface area (Å²) >= 11 is 6.04. The van der Waals surface area contributed by atoms with Crippen molar-refractivity contribution in [1.82, 2.24) is 15.1 Å². The van der Waals surface area contributed by atoms with Gasteiger partial charge in [-0.05, 0) is 60.4 Å². The monoisotopic (exact) mass is 485 g/mol. The Bertz CT molecular complexity index is 1600. The predicted molar refractivity (Wildman–Crippen MR) is 132 cm³/mol. The number of fused-ring (bicyclic) bond motifs is 3. The zero-order chi connectivity index (χ0) is 24.2. The fourth-order valence-corrected chi connectivity index (χ4v) is 4.73. The third-order valence-electron chi connectivity index (χ3n) is 6.63. The maximum absolute atomic E-state index is 13.7. The number of carboxylic acid groups (broad SMARTS) is 1. The van der Waals surface area contributed by atoms with Gasteiger partial charge in [-0.3, -0.25) is 9.48 Å². The topological polar surface area (TPSA) is 97.4 Å². The van der Waals surface area contributed by atoms with E-state index in [1.807, 2.05) is 35.0 Å². The first-order chi connectivity index (χ1) is 16.9. The Labute approximate surface area is 204 Å². The molecule has 7 nitrogen and oxygen atoms in total. The lowest BCUT2D eigenvalue weighted by molar-refractivity contribution is 0.0696. The Hall–Kier alpha value is -4.10. The number of carbonyl (C=O) groups is 2. The lowest BCUT2D eigenvalue weighted by atomic mass is 10.0. The molecule has 2 aromatic heterocycles. The van der Waals surface area contributed by atoms with Crippen molar-refractivity contribution in [1.29, 1.82) is 0 Å². The standard InChI is InChI=1S/C27H20ClN3O4/c28-19-7-1-16(2-8-19)15-31-24-21(13-23-20(9-12-35-23)22(24)14-29-31)25(32)30-27(10-11-27)18-5-3-17(4-6-18)26(33)34/h1-9,12-14H,10-11,15H2,(H,30,32)(H,33,34). The summed E-state index contributed by atoms with van der Waals surface area (Å²) in [7, 11) is 0. The van der Waals surface area contributed by atoms with Crippen LogP contribution in [-0.4, -0.2) is 26.8 Å². The van der Waals surface area contributed by atoms with Gasteiger partial charge >= 0.3 is 5.97 Å². The summed E-state index contributed by atoms with van der Waals surface area (Å²) in [6.07, 6.45) is 4.93. The number of hydrogen-bond acceptors (Lipinski definition) is 4. The molecule has 1 saturated carbocycles. The zero-order valence-corrected chi connectivity index (χ0v) is 19.2. The van der Waals surface area contributed by atoms with E-state index in [0.29, 0.717) is 22.7 Å². The number of aromatic nitrogens is 2. The summed E-state index contributed by atoms with van der Waals surface area (Å²) < 4.78 is 7.46. The lowest BCUT2D eigenvalue weighted by Crippen LogP contribution is -2.35. The molecule has 35 heavy (non-hydrogen) atoms. The van der Waals surface area contributed by atoms with Crippen molar-refractivity contribution < 1.29 is 19.1 Å². The van der Waals surface area contributed by atoms with Crippen molar-refractivity contribution in [3.8, 4) is 0 Å². The highest BCUT2D eigenvalue weighted by Crippen LogP contribution is 2.46. The van der Waals surface area contributed by atoms with Crippen LogP contribution < -0.4 is 5.32 Å². The molecule has 2 heterocycles. The summed E-state index contributed by atoms with van der Waals surface area (Å²) in [4.78, 5) is 24.9. The smallest absolute Gasteiger partial charge is 0.335 e. The van der Waals surface area contributed by atoms with Crippen LogP contribution in [-0.2, 0) is 12.1 Å². The maximum atomic E-state index is 13.7. The third kappa shape index (κ3) is 3.74. The molecule has 1 fully saturated rings. The number of aromatic carboxylic acids is 1. The minimum atomic E-state index is -0.978. The molecule has 0 spiro atoms. The van der Waals surface area contributed by atoms with Gasteiger partial charge in [-0.2, -0.15) is 5.10 Å². The molecule has 174 valence electrons. The summed E-state index contributed by atoms with van der Waals surface area (Å²) in [6.45, 7) is 0.478. The van der Waals surface area contributed by atoms with E-state index < -0.39 is 11.5 Å². The summed E-state index contributed by atoms with van der Waals surface area (Å²) in [6, 6.07) is 17.8. The maximum Gasteiger partial charge on any atom is 0.335 e. The SMILES string of the molecule is O=C(O)c1ccc(C2(NC(=O)c3cc4occc4c4cnn(Cc5ccc(Cl)cc5)c34)CC2)cc1. The number of amides is 1. The molecule has 0 unspecified atom stereocenters. The first-order valence-electron chi connectivity index (χ1n) is 11.2. The van der Waals surface area contributed by atoms with Gasteiger partial charge in [0.25, 0.3) is 5.91 Å². The van der Waals surface area contributed by atoms with Crippen LogP contribution in [0.1, 0.15) is 44.7 Å².